The second kappa shape index (κ2) is 10.6. The van der Waals surface area contributed by atoms with Gasteiger partial charge in [0.25, 0.3) is 0 Å². The Hall–Kier alpha value is -0.440. The van der Waals surface area contributed by atoms with Gasteiger partial charge in [0.2, 0.25) is 0 Å². The first kappa shape index (κ1) is 14.1. The molecule has 3 nitrogen and oxygen atoms in total. The van der Waals surface area contributed by atoms with Crippen LogP contribution in [-0.4, -0.2) is 19.0 Å². The van der Waals surface area contributed by atoms with Crippen LogP contribution >= 0.6 is 24.0 Å². The first-order valence-electron chi connectivity index (χ1n) is 3.78. The summed E-state index contributed by atoms with van der Waals surface area (Å²) in [6, 6.07) is 0. The lowest BCUT2D eigenvalue weighted by molar-refractivity contribution is 0.801. The molecule has 4 heteroatoms. The number of hydrogen-bond donors (Lipinski definition) is 2. The van der Waals surface area contributed by atoms with E-state index in [4.69, 9.17) is 12.2 Å². The smallest absolute Gasteiger partial charge is 0.189 e. The Kier molecular flexibility index (Phi) is 12.4. The van der Waals surface area contributed by atoms with E-state index in [2.05, 4.69) is 23.2 Å². The lowest BCUT2D eigenvalue weighted by Gasteiger charge is -1.99. The third-order valence-electron chi connectivity index (χ3n) is 1.17. The zero-order chi connectivity index (χ0) is 8.53. The Labute approximate surface area is 91.2 Å². The lowest BCUT2D eigenvalue weighted by Crippen LogP contribution is -2.31. The van der Waals surface area contributed by atoms with Gasteiger partial charge in [-0.1, -0.05) is 19.3 Å². The first-order chi connectivity index (χ1) is 5.31. The van der Waals surface area contributed by atoms with Crippen molar-refractivity contribution in [1.82, 2.24) is 5.32 Å². The van der Waals surface area contributed by atoms with Gasteiger partial charge in [-0.05, 0) is 6.42 Å². The number of terminal acetylenes is 1. The third kappa shape index (κ3) is 9.56. The van der Waals surface area contributed by atoms with E-state index >= 15 is 0 Å². The molecule has 0 fully saturated rings. The minimum Gasteiger partial charge on any atom is -0.370 e. The summed E-state index contributed by atoms with van der Waals surface area (Å²) in [5.41, 5.74) is 5.44. The zero-order valence-corrected chi connectivity index (χ0v) is 9.67. The van der Waals surface area contributed by atoms with E-state index in [0.717, 1.165) is 19.4 Å². The Morgan fingerprint density at radius 1 is 1.67 bits per heavy atom. The second-order valence-electron chi connectivity index (χ2n) is 2.18. The van der Waals surface area contributed by atoms with Crippen molar-refractivity contribution in [3.05, 3.63) is 0 Å². The number of nitrogens with zero attached hydrogens (tertiary/aromatic N) is 1. The van der Waals surface area contributed by atoms with Crippen LogP contribution in [0.3, 0.4) is 0 Å². The Balaban J connectivity index is 0. The minimum atomic E-state index is 0. The van der Waals surface area contributed by atoms with Gasteiger partial charge in [-0.3, -0.25) is 4.99 Å². The molecule has 0 aliphatic heterocycles. The molecule has 0 unspecified atom stereocenters. The molecular formula is C8H16IN3. The van der Waals surface area contributed by atoms with Gasteiger partial charge in [0.1, 0.15) is 0 Å². The molecule has 0 bridgehead atoms. The summed E-state index contributed by atoms with van der Waals surface area (Å²) in [5, 5.41) is 2.78. The van der Waals surface area contributed by atoms with Crippen molar-refractivity contribution in [3.63, 3.8) is 0 Å². The summed E-state index contributed by atoms with van der Waals surface area (Å²) < 4.78 is 0. The maximum absolute atomic E-state index is 5.44. The van der Waals surface area contributed by atoms with E-state index in [1.807, 2.05) is 0 Å². The highest BCUT2D eigenvalue weighted by Gasteiger charge is 1.86. The molecular weight excluding hydrogens is 265 g/mol. The third-order valence-corrected chi connectivity index (χ3v) is 1.17. The highest BCUT2D eigenvalue weighted by atomic mass is 127. The van der Waals surface area contributed by atoms with Gasteiger partial charge in [-0.2, -0.15) is 0 Å². The fourth-order valence-corrected chi connectivity index (χ4v) is 0.555. The standard InChI is InChI=1S/C8H15N3.HI/c1-3-5-7-11-8(9)10-6-4-2;/h2H,3,5-7H2,1H3,(H3,9,10,11);1H. The van der Waals surface area contributed by atoms with Gasteiger partial charge in [-0.15, -0.1) is 30.4 Å². The van der Waals surface area contributed by atoms with Crippen molar-refractivity contribution in [2.24, 2.45) is 10.7 Å². The van der Waals surface area contributed by atoms with E-state index in [1.54, 1.807) is 0 Å². The number of halogens is 1. The van der Waals surface area contributed by atoms with Gasteiger partial charge < -0.3 is 11.1 Å². The van der Waals surface area contributed by atoms with Crippen LogP contribution in [0.1, 0.15) is 19.8 Å². The van der Waals surface area contributed by atoms with E-state index in [-0.39, 0.29) is 24.0 Å². The number of nitrogens with one attached hydrogen (secondary N) is 1. The fraction of sp³-hybridized carbons (Fsp3) is 0.625. The molecule has 3 N–H and O–H groups in total. The molecule has 0 aromatic carbocycles. The fourth-order valence-electron chi connectivity index (χ4n) is 0.555. The van der Waals surface area contributed by atoms with Gasteiger partial charge in [-0.25, -0.2) is 0 Å². The quantitative estimate of drug-likeness (QED) is 0.265. The van der Waals surface area contributed by atoms with E-state index < -0.39 is 0 Å². The van der Waals surface area contributed by atoms with Crippen molar-refractivity contribution in [3.8, 4) is 12.3 Å². The Bertz CT molecular complexity index is 160. The molecule has 0 spiro atoms. The summed E-state index contributed by atoms with van der Waals surface area (Å²) in [6.45, 7) is 3.34. The van der Waals surface area contributed by atoms with Crippen molar-refractivity contribution < 1.29 is 0 Å². The molecule has 12 heavy (non-hydrogen) atoms. The maximum Gasteiger partial charge on any atom is 0.189 e. The average molecular weight is 281 g/mol. The number of nitrogens with two attached hydrogens (primary N) is 1. The summed E-state index contributed by atoms with van der Waals surface area (Å²) >= 11 is 0. The van der Waals surface area contributed by atoms with Crippen LogP contribution < -0.4 is 11.1 Å². The number of unbranched alkanes of at least 4 members (excludes halogenated alkanes) is 1. The lowest BCUT2D eigenvalue weighted by atomic mass is 10.3. The molecule has 0 heterocycles. The molecule has 0 radical (unpaired) electrons. The van der Waals surface area contributed by atoms with Gasteiger partial charge in [0.15, 0.2) is 5.96 Å². The normalized spacial score (nSPS) is 9.83. The topological polar surface area (TPSA) is 50.4 Å². The summed E-state index contributed by atoms with van der Waals surface area (Å²) in [7, 11) is 0. The Morgan fingerprint density at radius 3 is 2.83 bits per heavy atom. The van der Waals surface area contributed by atoms with E-state index in [9.17, 15) is 0 Å². The largest absolute Gasteiger partial charge is 0.370 e. The highest BCUT2D eigenvalue weighted by molar-refractivity contribution is 14.0. The number of hydrogen-bond acceptors (Lipinski definition) is 1. The van der Waals surface area contributed by atoms with Crippen LogP contribution in [0.2, 0.25) is 0 Å². The molecule has 0 aromatic heterocycles. The molecule has 70 valence electrons. The van der Waals surface area contributed by atoms with Crippen LogP contribution in [0.5, 0.6) is 0 Å². The summed E-state index contributed by atoms with van der Waals surface area (Å²) in [4.78, 5) is 4.04. The van der Waals surface area contributed by atoms with E-state index in [0.29, 0.717) is 12.5 Å². The predicted octanol–water partition coefficient (Wildman–Crippen LogP) is 0.942. The zero-order valence-electron chi connectivity index (χ0n) is 7.34. The van der Waals surface area contributed by atoms with Crippen LogP contribution in [0.25, 0.3) is 0 Å². The monoisotopic (exact) mass is 281 g/mol. The van der Waals surface area contributed by atoms with Crippen LogP contribution in [0.4, 0.5) is 0 Å². The van der Waals surface area contributed by atoms with Crippen molar-refractivity contribution in [2.75, 3.05) is 13.1 Å². The molecule has 0 saturated carbocycles. The van der Waals surface area contributed by atoms with Gasteiger partial charge in [0, 0.05) is 6.54 Å². The number of rotatable bonds is 4. The van der Waals surface area contributed by atoms with E-state index in [1.165, 1.54) is 0 Å². The first-order valence-corrected chi connectivity index (χ1v) is 3.78. The maximum atomic E-state index is 5.44. The highest BCUT2D eigenvalue weighted by Crippen LogP contribution is 1.85. The second-order valence-corrected chi connectivity index (χ2v) is 2.18. The van der Waals surface area contributed by atoms with Gasteiger partial charge in [0.05, 0.1) is 6.54 Å². The number of guanidine groups is 1. The van der Waals surface area contributed by atoms with Gasteiger partial charge >= 0.3 is 0 Å². The van der Waals surface area contributed by atoms with Crippen LogP contribution in [-0.2, 0) is 0 Å². The number of aliphatic imine (C=N–C) groups is 1. The molecule has 0 amide bonds. The predicted molar refractivity (Wildman–Crippen MR) is 63.6 cm³/mol. The molecule has 0 rings (SSSR count). The van der Waals surface area contributed by atoms with Crippen molar-refractivity contribution >= 4 is 29.9 Å². The molecule has 0 saturated heterocycles. The molecule has 0 aliphatic rings. The summed E-state index contributed by atoms with van der Waals surface area (Å²) in [5.74, 6) is 2.86. The average Bonchev–Trinajstić information content (AvgIpc) is 2.01. The van der Waals surface area contributed by atoms with Crippen molar-refractivity contribution in [1.29, 1.82) is 0 Å². The Morgan fingerprint density at radius 2 is 2.33 bits per heavy atom. The van der Waals surface area contributed by atoms with Crippen LogP contribution in [0.15, 0.2) is 4.99 Å². The minimum absolute atomic E-state index is 0. The molecule has 0 aromatic rings. The molecule has 0 aliphatic carbocycles. The summed E-state index contributed by atoms with van der Waals surface area (Å²) in [6.07, 6.45) is 7.21. The molecule has 0 atom stereocenters. The van der Waals surface area contributed by atoms with Crippen molar-refractivity contribution in [2.45, 2.75) is 19.8 Å². The SMILES string of the molecule is C#CCNC(N)=NCCCC.I. The van der Waals surface area contributed by atoms with Crippen LogP contribution in [0, 0.1) is 12.3 Å².